The van der Waals surface area contributed by atoms with Gasteiger partial charge in [0.25, 0.3) is 5.91 Å². The normalized spacial score (nSPS) is 11.2. The Bertz CT molecular complexity index is 555. The summed E-state index contributed by atoms with van der Waals surface area (Å²) in [6.07, 6.45) is 0.0390. The first kappa shape index (κ1) is 18.2. The van der Waals surface area contributed by atoms with Crippen molar-refractivity contribution in [1.82, 2.24) is 5.06 Å². The van der Waals surface area contributed by atoms with Crippen molar-refractivity contribution in [2.24, 2.45) is 0 Å². The van der Waals surface area contributed by atoms with E-state index in [1.54, 1.807) is 6.92 Å². The number of carbonyl (C=O) groups is 2. The van der Waals surface area contributed by atoms with Crippen LogP contribution in [0, 0.1) is 20.8 Å². The molecule has 0 heterocycles. The van der Waals surface area contributed by atoms with Crippen LogP contribution in [0.15, 0.2) is 12.1 Å². The smallest absolute Gasteiger partial charge is 0.334 e. The van der Waals surface area contributed by atoms with Gasteiger partial charge in [-0.3, -0.25) is 10.0 Å². The molecule has 5 heteroatoms. The van der Waals surface area contributed by atoms with Crippen molar-refractivity contribution in [3.05, 3.63) is 34.4 Å². The molecule has 1 amide bonds. The minimum Gasteiger partial charge on any atom is -0.464 e. The fraction of sp³-hybridized carbons (Fsp3) is 0.529. The Labute approximate surface area is 131 Å². The van der Waals surface area contributed by atoms with Crippen LogP contribution in [0.4, 0.5) is 0 Å². The Balaban J connectivity index is 2.96. The molecule has 1 rings (SSSR count). The fourth-order valence-corrected chi connectivity index (χ4v) is 2.42. The maximum absolute atomic E-state index is 12.3. The first-order valence-electron chi connectivity index (χ1n) is 7.37. The summed E-state index contributed by atoms with van der Waals surface area (Å²) in [5, 5.41) is 10.6. The van der Waals surface area contributed by atoms with E-state index < -0.39 is 17.4 Å². The van der Waals surface area contributed by atoms with Crippen LogP contribution >= 0.6 is 0 Å². The molecule has 0 saturated carbocycles. The number of hydroxylamine groups is 2. The van der Waals surface area contributed by atoms with E-state index in [4.69, 9.17) is 4.74 Å². The number of hydrogen-bond acceptors (Lipinski definition) is 4. The minimum absolute atomic E-state index is 0.0390. The summed E-state index contributed by atoms with van der Waals surface area (Å²) < 4.78 is 4.90. The molecule has 1 N–H and O–H groups in total. The summed E-state index contributed by atoms with van der Waals surface area (Å²) in [5.74, 6) is -1.17. The van der Waals surface area contributed by atoms with Crippen LogP contribution < -0.4 is 0 Å². The van der Waals surface area contributed by atoms with Gasteiger partial charge in [-0.25, -0.2) is 9.86 Å². The SMILES string of the molecule is CCOC(=O)C(C)(C)N(O)C(=O)Cc1c(C)cc(C)cc1C. The fourth-order valence-electron chi connectivity index (χ4n) is 2.42. The predicted molar refractivity (Wildman–Crippen MR) is 83.7 cm³/mol. The third kappa shape index (κ3) is 3.85. The van der Waals surface area contributed by atoms with E-state index in [0.717, 1.165) is 22.3 Å². The highest BCUT2D eigenvalue weighted by molar-refractivity contribution is 5.87. The average Bonchev–Trinajstić information content (AvgIpc) is 2.41. The molecule has 22 heavy (non-hydrogen) atoms. The highest BCUT2D eigenvalue weighted by Gasteiger charge is 2.39. The van der Waals surface area contributed by atoms with Crippen LogP contribution in [0.25, 0.3) is 0 Å². The molecule has 0 fully saturated rings. The topological polar surface area (TPSA) is 66.8 Å². The highest BCUT2D eigenvalue weighted by Crippen LogP contribution is 2.20. The van der Waals surface area contributed by atoms with E-state index in [2.05, 4.69) is 0 Å². The molecule has 0 radical (unpaired) electrons. The van der Waals surface area contributed by atoms with E-state index in [9.17, 15) is 14.8 Å². The quantitative estimate of drug-likeness (QED) is 0.516. The van der Waals surface area contributed by atoms with Crippen LogP contribution in [0.2, 0.25) is 0 Å². The van der Waals surface area contributed by atoms with Gasteiger partial charge in [-0.05, 0) is 58.2 Å². The summed E-state index contributed by atoms with van der Waals surface area (Å²) in [6.45, 7) is 10.6. The van der Waals surface area contributed by atoms with Gasteiger partial charge in [0, 0.05) is 0 Å². The third-order valence-corrected chi connectivity index (χ3v) is 3.71. The molecule has 122 valence electrons. The lowest BCUT2D eigenvalue weighted by molar-refractivity contribution is -0.202. The van der Waals surface area contributed by atoms with Gasteiger partial charge in [-0.15, -0.1) is 0 Å². The number of aryl methyl sites for hydroxylation is 3. The molecule has 0 aliphatic heterocycles. The molecule has 0 bridgehead atoms. The number of esters is 1. The van der Waals surface area contributed by atoms with Gasteiger partial charge in [0.2, 0.25) is 0 Å². The Kier molecular flexibility index (Phi) is 5.72. The van der Waals surface area contributed by atoms with Gasteiger partial charge in [-0.1, -0.05) is 17.7 Å². The van der Waals surface area contributed by atoms with E-state index in [-0.39, 0.29) is 13.0 Å². The van der Waals surface area contributed by atoms with Crippen molar-refractivity contribution in [2.75, 3.05) is 6.61 Å². The summed E-state index contributed by atoms with van der Waals surface area (Å²) >= 11 is 0. The molecule has 1 aromatic rings. The molecule has 0 saturated heterocycles. The number of hydrogen-bond donors (Lipinski definition) is 1. The zero-order chi connectivity index (χ0) is 17.1. The van der Waals surface area contributed by atoms with E-state index in [0.29, 0.717) is 5.06 Å². The zero-order valence-corrected chi connectivity index (χ0v) is 14.2. The lowest BCUT2D eigenvalue weighted by Crippen LogP contribution is -2.52. The molecule has 1 aromatic carbocycles. The lowest BCUT2D eigenvalue weighted by atomic mass is 9.96. The molecule has 0 aliphatic rings. The van der Waals surface area contributed by atoms with E-state index >= 15 is 0 Å². The van der Waals surface area contributed by atoms with Crippen LogP contribution in [0.5, 0.6) is 0 Å². The van der Waals surface area contributed by atoms with Crippen LogP contribution in [0.1, 0.15) is 43.0 Å². The Morgan fingerprint density at radius 1 is 1.18 bits per heavy atom. The van der Waals surface area contributed by atoms with Crippen LogP contribution in [-0.2, 0) is 20.7 Å². The largest absolute Gasteiger partial charge is 0.464 e. The molecule has 0 aromatic heterocycles. The predicted octanol–water partition coefficient (Wildman–Crippen LogP) is 2.71. The van der Waals surface area contributed by atoms with Crippen LogP contribution in [-0.4, -0.2) is 34.3 Å². The number of rotatable bonds is 5. The lowest BCUT2D eigenvalue weighted by Gasteiger charge is -2.31. The maximum Gasteiger partial charge on any atom is 0.334 e. The molecule has 0 unspecified atom stereocenters. The Hall–Kier alpha value is -1.88. The van der Waals surface area contributed by atoms with E-state index in [1.165, 1.54) is 13.8 Å². The monoisotopic (exact) mass is 307 g/mol. The van der Waals surface area contributed by atoms with Crippen LogP contribution in [0.3, 0.4) is 0 Å². The summed E-state index contributed by atoms with van der Waals surface area (Å²) in [6, 6.07) is 3.99. The van der Waals surface area contributed by atoms with Gasteiger partial charge in [0.1, 0.15) is 0 Å². The summed E-state index contributed by atoms with van der Waals surface area (Å²) in [7, 11) is 0. The molecular weight excluding hydrogens is 282 g/mol. The second kappa shape index (κ2) is 6.92. The van der Waals surface area contributed by atoms with Crippen molar-refractivity contribution >= 4 is 11.9 Å². The number of carbonyl (C=O) groups excluding carboxylic acids is 2. The van der Waals surface area contributed by atoms with Crippen molar-refractivity contribution in [1.29, 1.82) is 0 Å². The van der Waals surface area contributed by atoms with Gasteiger partial charge in [-0.2, -0.15) is 0 Å². The molecule has 0 spiro atoms. The van der Waals surface area contributed by atoms with Crippen molar-refractivity contribution < 1.29 is 19.5 Å². The van der Waals surface area contributed by atoms with Crippen molar-refractivity contribution in [3.63, 3.8) is 0 Å². The highest BCUT2D eigenvalue weighted by atomic mass is 16.6. The Morgan fingerprint density at radius 3 is 2.14 bits per heavy atom. The molecular formula is C17H25NO4. The second-order valence-electron chi connectivity index (χ2n) is 6.04. The van der Waals surface area contributed by atoms with Gasteiger partial charge in [0.15, 0.2) is 5.54 Å². The summed E-state index contributed by atoms with van der Waals surface area (Å²) in [5.41, 5.74) is 2.56. The van der Waals surface area contributed by atoms with Crippen molar-refractivity contribution in [3.8, 4) is 0 Å². The number of ether oxygens (including phenoxy) is 1. The molecule has 0 atom stereocenters. The first-order valence-corrected chi connectivity index (χ1v) is 7.37. The average molecular weight is 307 g/mol. The molecule has 0 aliphatic carbocycles. The van der Waals surface area contributed by atoms with Gasteiger partial charge >= 0.3 is 5.97 Å². The Morgan fingerprint density at radius 2 is 1.68 bits per heavy atom. The number of nitrogens with zero attached hydrogens (tertiary/aromatic N) is 1. The zero-order valence-electron chi connectivity index (χ0n) is 14.2. The molecule has 5 nitrogen and oxygen atoms in total. The summed E-state index contributed by atoms with van der Waals surface area (Å²) in [4.78, 5) is 24.2. The standard InChI is InChI=1S/C17H25NO4/c1-7-22-16(20)17(5,6)18(21)15(19)10-14-12(3)8-11(2)9-13(14)4/h8-9,21H,7,10H2,1-6H3. The number of benzene rings is 1. The first-order chi connectivity index (χ1) is 10.1. The van der Waals surface area contributed by atoms with Gasteiger partial charge in [0.05, 0.1) is 13.0 Å². The van der Waals surface area contributed by atoms with Gasteiger partial charge < -0.3 is 4.74 Å². The number of amides is 1. The second-order valence-corrected chi connectivity index (χ2v) is 6.04. The maximum atomic E-state index is 12.3. The minimum atomic E-state index is -1.42. The van der Waals surface area contributed by atoms with Crippen molar-refractivity contribution in [2.45, 2.75) is 53.5 Å². The van der Waals surface area contributed by atoms with E-state index in [1.807, 2.05) is 32.9 Å². The third-order valence-electron chi connectivity index (χ3n) is 3.71.